The number of hydrogen-bond acceptors (Lipinski definition) is 5. The molecule has 3 heterocycles. The van der Waals surface area contributed by atoms with Crippen LogP contribution in [0, 0.1) is 0 Å². The number of nitrogens with zero attached hydrogens (tertiary/aromatic N) is 1. The van der Waals surface area contributed by atoms with Crippen molar-refractivity contribution in [3.63, 3.8) is 0 Å². The van der Waals surface area contributed by atoms with E-state index in [9.17, 15) is 0 Å². The summed E-state index contributed by atoms with van der Waals surface area (Å²) in [4.78, 5) is 2.29. The highest BCUT2D eigenvalue weighted by Crippen LogP contribution is 2.37. The Hall–Kier alpha value is 0.517. The molecule has 2 bridgehead atoms. The summed E-state index contributed by atoms with van der Waals surface area (Å²) in [5, 5.41) is 0. The molecule has 0 aromatic heterocycles. The maximum Gasteiger partial charge on any atom is 0.540 e. The monoisotopic (exact) mass is 515 g/mol. The van der Waals surface area contributed by atoms with E-state index in [4.69, 9.17) is 18.0 Å². The summed E-state index contributed by atoms with van der Waals surface area (Å²) in [5.74, 6) is 0.728. The predicted octanol–water partition coefficient (Wildman–Crippen LogP) is 3.21. The zero-order valence-corrected chi connectivity index (χ0v) is 17.6. The molecule has 1 aromatic carbocycles. The van der Waals surface area contributed by atoms with Crippen molar-refractivity contribution in [2.75, 3.05) is 45.7 Å². The molecule has 0 unspecified atom stereocenters. The Labute approximate surface area is 156 Å². The van der Waals surface area contributed by atoms with Crippen LogP contribution >= 0.6 is 47.8 Å². The first kappa shape index (κ1) is 17.3. The molecule has 22 heavy (non-hydrogen) atoms. The van der Waals surface area contributed by atoms with Crippen LogP contribution < -0.4 is 4.74 Å². The molecule has 1 aromatic rings. The second-order valence-electron chi connectivity index (χ2n) is 5.06. The SMILES string of the molecule is Brc1cc(Br)c(OC[Si]23OCCN(CCO2)CCO3)c(Br)c1. The molecule has 0 radical (unpaired) electrons. The normalized spacial score (nSPS) is 28.8. The minimum Gasteiger partial charge on any atom is -0.487 e. The van der Waals surface area contributed by atoms with E-state index in [1.165, 1.54) is 0 Å². The molecule has 3 fully saturated rings. The Morgan fingerprint density at radius 1 is 0.955 bits per heavy atom. The highest BCUT2D eigenvalue weighted by Gasteiger charge is 2.45. The van der Waals surface area contributed by atoms with Crippen LogP contribution in [0.5, 0.6) is 5.75 Å². The first-order valence-electron chi connectivity index (χ1n) is 7.00. The van der Waals surface area contributed by atoms with Gasteiger partial charge in [0.2, 0.25) is 0 Å². The summed E-state index contributed by atoms with van der Waals surface area (Å²) in [6.45, 7) is 4.64. The molecule has 4 rings (SSSR count). The lowest BCUT2D eigenvalue weighted by Gasteiger charge is -2.37. The molecule has 3 aliphatic rings. The van der Waals surface area contributed by atoms with E-state index in [2.05, 4.69) is 52.7 Å². The third-order valence-electron chi connectivity index (χ3n) is 3.54. The molecule has 3 aliphatic heterocycles. The summed E-state index contributed by atoms with van der Waals surface area (Å²) in [5.41, 5.74) is 0. The number of halogens is 3. The minimum absolute atomic E-state index is 0.311. The second-order valence-corrected chi connectivity index (χ2v) is 10.2. The van der Waals surface area contributed by atoms with Crippen molar-refractivity contribution in [3.05, 3.63) is 25.6 Å². The minimum atomic E-state index is -2.77. The quantitative estimate of drug-likeness (QED) is 0.576. The largest absolute Gasteiger partial charge is 0.540 e. The molecule has 122 valence electrons. The molecule has 0 amide bonds. The Bertz CT molecular complexity index is 498. The van der Waals surface area contributed by atoms with Gasteiger partial charge < -0.3 is 18.0 Å². The summed E-state index contributed by atoms with van der Waals surface area (Å²) in [6, 6.07) is 3.88. The highest BCUT2D eigenvalue weighted by molar-refractivity contribution is 9.11. The molecule has 0 aliphatic carbocycles. The van der Waals surface area contributed by atoms with Crippen LogP contribution in [0.15, 0.2) is 25.6 Å². The van der Waals surface area contributed by atoms with Gasteiger partial charge in [-0.25, -0.2) is 0 Å². The average Bonchev–Trinajstić information content (AvgIpc) is 2.37. The molecular formula is C13H16Br3NO4Si. The van der Waals surface area contributed by atoms with Gasteiger partial charge in [0, 0.05) is 24.1 Å². The number of fused-ring (bicyclic) bond motifs is 6. The fourth-order valence-corrected chi connectivity index (χ4v) is 6.92. The lowest BCUT2D eigenvalue weighted by molar-refractivity contribution is -0.0176. The van der Waals surface area contributed by atoms with Crippen molar-refractivity contribution in [3.8, 4) is 5.75 Å². The van der Waals surface area contributed by atoms with Crippen molar-refractivity contribution in [2.45, 2.75) is 0 Å². The van der Waals surface area contributed by atoms with Crippen molar-refractivity contribution >= 4 is 56.6 Å². The van der Waals surface area contributed by atoms with Gasteiger partial charge in [-0.1, -0.05) is 15.9 Å². The Balaban J connectivity index is 1.73. The molecule has 0 saturated carbocycles. The van der Waals surface area contributed by atoms with Crippen molar-refractivity contribution in [2.24, 2.45) is 0 Å². The summed E-state index contributed by atoms with van der Waals surface area (Å²) >= 11 is 10.5. The molecule has 5 nitrogen and oxygen atoms in total. The predicted molar refractivity (Wildman–Crippen MR) is 95.1 cm³/mol. The third kappa shape index (κ3) is 4.13. The Morgan fingerprint density at radius 3 is 1.95 bits per heavy atom. The first-order chi connectivity index (χ1) is 10.6. The summed E-state index contributed by atoms with van der Waals surface area (Å²) in [6.07, 6.45) is 0.311. The zero-order chi connectivity index (χ0) is 15.6. The van der Waals surface area contributed by atoms with Crippen molar-refractivity contribution < 1.29 is 18.0 Å². The van der Waals surface area contributed by atoms with Gasteiger partial charge in [-0.2, -0.15) is 0 Å². The van der Waals surface area contributed by atoms with Gasteiger partial charge in [-0.15, -0.1) is 0 Å². The van der Waals surface area contributed by atoms with Crippen LogP contribution in [-0.2, 0) is 13.3 Å². The maximum atomic E-state index is 5.99. The number of rotatable bonds is 3. The Morgan fingerprint density at radius 2 is 1.45 bits per heavy atom. The van der Waals surface area contributed by atoms with E-state index < -0.39 is 8.80 Å². The first-order valence-corrected chi connectivity index (χ1v) is 11.3. The van der Waals surface area contributed by atoms with Gasteiger partial charge in [-0.05, 0) is 44.0 Å². The second kappa shape index (κ2) is 7.60. The van der Waals surface area contributed by atoms with E-state index in [0.29, 0.717) is 26.1 Å². The van der Waals surface area contributed by atoms with Crippen LogP contribution in [0.3, 0.4) is 0 Å². The van der Waals surface area contributed by atoms with Gasteiger partial charge in [0.15, 0.2) is 6.23 Å². The number of benzene rings is 1. The van der Waals surface area contributed by atoms with Crippen LogP contribution in [0.1, 0.15) is 0 Å². The van der Waals surface area contributed by atoms with Gasteiger partial charge >= 0.3 is 8.80 Å². The third-order valence-corrected chi connectivity index (χ3v) is 7.61. The smallest absolute Gasteiger partial charge is 0.487 e. The van der Waals surface area contributed by atoms with Gasteiger partial charge in [-0.3, -0.25) is 4.90 Å². The zero-order valence-electron chi connectivity index (χ0n) is 11.8. The van der Waals surface area contributed by atoms with E-state index in [-0.39, 0.29) is 0 Å². The van der Waals surface area contributed by atoms with Gasteiger partial charge in [0.05, 0.1) is 28.8 Å². The van der Waals surface area contributed by atoms with Crippen molar-refractivity contribution in [1.29, 1.82) is 0 Å². The number of ether oxygens (including phenoxy) is 1. The summed E-state index contributed by atoms with van der Waals surface area (Å²) in [7, 11) is -2.77. The van der Waals surface area contributed by atoms with Crippen LogP contribution in [0.25, 0.3) is 0 Å². The molecule has 0 N–H and O–H groups in total. The molecule has 3 saturated heterocycles. The van der Waals surface area contributed by atoms with Gasteiger partial charge in [0.1, 0.15) is 5.75 Å². The van der Waals surface area contributed by atoms with E-state index in [1.807, 2.05) is 12.1 Å². The standard InChI is InChI=1S/C13H16Br3NO4Si/c14-10-7-11(15)13(12(16)8-10)18-9-22-19-4-1-17(2-5-20-22)3-6-21-22/h7-8H,1-6,9H2. The van der Waals surface area contributed by atoms with E-state index in [0.717, 1.165) is 38.8 Å². The van der Waals surface area contributed by atoms with E-state index in [1.54, 1.807) is 0 Å². The molecule has 0 spiro atoms. The molecular weight excluding hydrogens is 502 g/mol. The Kier molecular flexibility index (Phi) is 5.99. The lowest BCUT2D eigenvalue weighted by Crippen LogP contribution is -2.58. The fourth-order valence-electron chi connectivity index (χ4n) is 2.40. The fraction of sp³-hybridized carbons (Fsp3) is 0.538. The van der Waals surface area contributed by atoms with Crippen LogP contribution in [0.2, 0.25) is 0 Å². The lowest BCUT2D eigenvalue weighted by atomic mass is 10.3. The van der Waals surface area contributed by atoms with Crippen LogP contribution in [0.4, 0.5) is 0 Å². The van der Waals surface area contributed by atoms with Crippen LogP contribution in [-0.4, -0.2) is 59.4 Å². The van der Waals surface area contributed by atoms with E-state index >= 15 is 0 Å². The molecule has 9 heteroatoms. The average molecular weight is 518 g/mol. The van der Waals surface area contributed by atoms with Gasteiger partial charge in [0.25, 0.3) is 0 Å². The van der Waals surface area contributed by atoms with Crippen molar-refractivity contribution in [1.82, 2.24) is 4.90 Å². The maximum absolute atomic E-state index is 5.99. The topological polar surface area (TPSA) is 40.2 Å². The highest BCUT2D eigenvalue weighted by atomic mass is 79.9. The summed E-state index contributed by atoms with van der Waals surface area (Å²) < 4.78 is 26.5. The molecule has 0 atom stereocenters. The number of hydrogen-bond donors (Lipinski definition) is 0.